The van der Waals surface area contributed by atoms with Gasteiger partial charge in [-0.3, -0.25) is 0 Å². The van der Waals surface area contributed by atoms with E-state index in [1.807, 2.05) is 19.2 Å². The lowest BCUT2D eigenvalue weighted by Gasteiger charge is -2.39. The summed E-state index contributed by atoms with van der Waals surface area (Å²) >= 11 is 9.74. The average molecular weight is 318 g/mol. The number of piperidine rings is 1. The van der Waals surface area contributed by atoms with Crippen molar-refractivity contribution in [2.75, 3.05) is 18.5 Å². The van der Waals surface area contributed by atoms with Gasteiger partial charge in [0.15, 0.2) is 0 Å². The van der Waals surface area contributed by atoms with Crippen LogP contribution in [0, 0.1) is 0 Å². The molecule has 2 atom stereocenters. The first kappa shape index (κ1) is 13.2. The first-order valence-corrected chi connectivity index (χ1v) is 7.18. The zero-order valence-corrected chi connectivity index (χ0v) is 12.6. The van der Waals surface area contributed by atoms with Gasteiger partial charge in [-0.1, -0.05) is 17.7 Å². The van der Waals surface area contributed by atoms with Crippen molar-refractivity contribution in [3.8, 4) is 0 Å². The van der Waals surface area contributed by atoms with Gasteiger partial charge in [0.2, 0.25) is 0 Å². The summed E-state index contributed by atoms with van der Waals surface area (Å²) in [6.45, 7) is 3.35. The summed E-state index contributed by atoms with van der Waals surface area (Å²) in [5.41, 5.74) is 1.21. The van der Waals surface area contributed by atoms with E-state index in [1.165, 1.54) is 18.5 Å². The fourth-order valence-corrected chi connectivity index (χ4v) is 3.17. The highest BCUT2D eigenvalue weighted by Gasteiger charge is 2.26. The highest BCUT2D eigenvalue weighted by molar-refractivity contribution is 9.10. The second-order valence-corrected chi connectivity index (χ2v) is 5.83. The van der Waals surface area contributed by atoms with E-state index in [0.29, 0.717) is 12.1 Å². The molecule has 1 aromatic carbocycles. The third-order valence-electron chi connectivity index (χ3n) is 3.53. The van der Waals surface area contributed by atoms with Gasteiger partial charge < -0.3 is 10.2 Å². The summed E-state index contributed by atoms with van der Waals surface area (Å²) in [6.07, 6.45) is 2.36. The van der Waals surface area contributed by atoms with E-state index in [9.17, 15) is 0 Å². The largest absolute Gasteiger partial charge is 0.368 e. The first-order valence-electron chi connectivity index (χ1n) is 6.01. The molecule has 0 radical (unpaired) electrons. The van der Waals surface area contributed by atoms with E-state index in [2.05, 4.69) is 39.1 Å². The van der Waals surface area contributed by atoms with Crippen LogP contribution in [-0.2, 0) is 0 Å². The maximum atomic E-state index is 6.15. The molecule has 2 rings (SSSR count). The molecule has 2 unspecified atom stereocenters. The van der Waals surface area contributed by atoms with Crippen LogP contribution in [0.2, 0.25) is 5.02 Å². The Kier molecular flexibility index (Phi) is 4.34. The summed E-state index contributed by atoms with van der Waals surface area (Å²) in [4.78, 5) is 2.43. The minimum Gasteiger partial charge on any atom is -0.368 e. The second kappa shape index (κ2) is 5.59. The zero-order chi connectivity index (χ0) is 12.4. The van der Waals surface area contributed by atoms with Gasteiger partial charge >= 0.3 is 0 Å². The van der Waals surface area contributed by atoms with E-state index in [-0.39, 0.29) is 0 Å². The molecule has 17 heavy (non-hydrogen) atoms. The van der Waals surface area contributed by atoms with Gasteiger partial charge in [-0.25, -0.2) is 0 Å². The molecule has 0 saturated carbocycles. The molecule has 0 spiro atoms. The molecule has 1 aliphatic rings. The topological polar surface area (TPSA) is 15.3 Å². The molecule has 1 heterocycles. The molecule has 0 aliphatic carbocycles. The minimum atomic E-state index is 0.538. The van der Waals surface area contributed by atoms with Crippen LogP contribution in [0.3, 0.4) is 0 Å². The van der Waals surface area contributed by atoms with Crippen LogP contribution in [0.25, 0.3) is 0 Å². The van der Waals surface area contributed by atoms with E-state index in [1.54, 1.807) is 0 Å². The predicted octanol–water partition coefficient (Wildman–Crippen LogP) is 3.68. The number of nitrogens with zero attached hydrogens (tertiary/aromatic N) is 1. The van der Waals surface area contributed by atoms with Crippen molar-refractivity contribution in [2.24, 2.45) is 0 Å². The third kappa shape index (κ3) is 2.78. The molecule has 0 aromatic heterocycles. The predicted molar refractivity (Wildman–Crippen MR) is 78.0 cm³/mol. The maximum Gasteiger partial charge on any atom is 0.0595 e. The summed E-state index contributed by atoms with van der Waals surface area (Å²) in [7, 11) is 2.04. The Labute approximate surface area is 116 Å². The molecule has 4 heteroatoms. The molecule has 1 aliphatic heterocycles. The Hall–Kier alpha value is -0.250. The van der Waals surface area contributed by atoms with Gasteiger partial charge in [-0.05, 0) is 54.9 Å². The van der Waals surface area contributed by atoms with Gasteiger partial charge in [0, 0.05) is 18.6 Å². The van der Waals surface area contributed by atoms with Gasteiger partial charge in [0.1, 0.15) is 0 Å². The lowest BCUT2D eigenvalue weighted by Crippen LogP contribution is -2.46. The van der Waals surface area contributed by atoms with E-state index in [0.717, 1.165) is 16.0 Å². The van der Waals surface area contributed by atoms with Crippen molar-refractivity contribution in [2.45, 2.75) is 31.8 Å². The Bertz CT molecular complexity index is 397. The van der Waals surface area contributed by atoms with Crippen molar-refractivity contribution in [3.05, 3.63) is 27.7 Å². The Morgan fingerprint density at radius 1 is 1.47 bits per heavy atom. The SMILES string of the molecule is CNC1CCN(c2cccc(Cl)c2Br)C(C)C1. The fourth-order valence-electron chi connectivity index (χ4n) is 2.51. The smallest absolute Gasteiger partial charge is 0.0595 e. The van der Waals surface area contributed by atoms with Crippen LogP contribution in [0.4, 0.5) is 5.69 Å². The highest BCUT2D eigenvalue weighted by Crippen LogP contribution is 2.35. The number of rotatable bonds is 2. The third-order valence-corrected chi connectivity index (χ3v) is 4.90. The van der Waals surface area contributed by atoms with Gasteiger partial charge in [0.25, 0.3) is 0 Å². The van der Waals surface area contributed by atoms with Crippen LogP contribution >= 0.6 is 27.5 Å². The molecule has 2 nitrogen and oxygen atoms in total. The van der Waals surface area contributed by atoms with Crippen LogP contribution in [0.1, 0.15) is 19.8 Å². The van der Waals surface area contributed by atoms with Crippen molar-refractivity contribution in [1.29, 1.82) is 0 Å². The Balaban J connectivity index is 2.20. The van der Waals surface area contributed by atoms with Crippen molar-refractivity contribution >= 4 is 33.2 Å². The average Bonchev–Trinajstić information content (AvgIpc) is 2.33. The Morgan fingerprint density at radius 3 is 2.88 bits per heavy atom. The van der Waals surface area contributed by atoms with Crippen molar-refractivity contribution < 1.29 is 0 Å². The molecule has 1 saturated heterocycles. The lowest BCUT2D eigenvalue weighted by molar-refractivity contribution is 0.387. The second-order valence-electron chi connectivity index (χ2n) is 4.63. The van der Waals surface area contributed by atoms with E-state index >= 15 is 0 Å². The molecule has 0 bridgehead atoms. The van der Waals surface area contributed by atoms with Gasteiger partial charge in [0.05, 0.1) is 15.2 Å². The van der Waals surface area contributed by atoms with Crippen LogP contribution in [-0.4, -0.2) is 25.7 Å². The summed E-state index contributed by atoms with van der Waals surface area (Å²) in [5.74, 6) is 0. The highest BCUT2D eigenvalue weighted by atomic mass is 79.9. The van der Waals surface area contributed by atoms with Crippen LogP contribution < -0.4 is 10.2 Å². The normalized spacial score (nSPS) is 25.1. The number of benzene rings is 1. The maximum absolute atomic E-state index is 6.15. The summed E-state index contributed by atoms with van der Waals surface area (Å²) in [5, 5.41) is 4.15. The zero-order valence-electron chi connectivity index (χ0n) is 10.2. The molecule has 1 N–H and O–H groups in total. The van der Waals surface area contributed by atoms with Gasteiger partial charge in [-0.15, -0.1) is 0 Å². The number of nitrogens with one attached hydrogen (secondary N) is 1. The molecule has 1 fully saturated rings. The number of hydrogen-bond donors (Lipinski definition) is 1. The molecular weight excluding hydrogens is 300 g/mol. The molecule has 94 valence electrons. The Morgan fingerprint density at radius 2 is 2.24 bits per heavy atom. The van der Waals surface area contributed by atoms with Crippen molar-refractivity contribution in [3.63, 3.8) is 0 Å². The number of hydrogen-bond acceptors (Lipinski definition) is 2. The number of halogens is 2. The first-order chi connectivity index (χ1) is 8.13. The molecule has 0 amide bonds. The molecular formula is C13H18BrClN2. The van der Waals surface area contributed by atoms with Gasteiger partial charge in [-0.2, -0.15) is 0 Å². The number of anilines is 1. The monoisotopic (exact) mass is 316 g/mol. The standard InChI is InChI=1S/C13H18BrClN2/c1-9-8-10(16-2)6-7-17(9)12-5-3-4-11(15)13(12)14/h3-5,9-10,16H,6-8H2,1-2H3. The quantitative estimate of drug-likeness (QED) is 0.895. The molecule has 1 aromatic rings. The summed E-state index contributed by atoms with van der Waals surface area (Å²) in [6, 6.07) is 7.24. The summed E-state index contributed by atoms with van der Waals surface area (Å²) < 4.78 is 1.01. The van der Waals surface area contributed by atoms with Crippen LogP contribution in [0.15, 0.2) is 22.7 Å². The van der Waals surface area contributed by atoms with E-state index in [4.69, 9.17) is 11.6 Å². The fraction of sp³-hybridized carbons (Fsp3) is 0.538. The lowest BCUT2D eigenvalue weighted by atomic mass is 9.98. The minimum absolute atomic E-state index is 0.538. The van der Waals surface area contributed by atoms with Crippen LogP contribution in [0.5, 0.6) is 0 Å². The van der Waals surface area contributed by atoms with Crippen molar-refractivity contribution in [1.82, 2.24) is 5.32 Å². The van der Waals surface area contributed by atoms with E-state index < -0.39 is 0 Å².